The summed E-state index contributed by atoms with van der Waals surface area (Å²) in [5.74, 6) is -1.16. The fourth-order valence-corrected chi connectivity index (χ4v) is 3.55. The lowest BCUT2D eigenvalue weighted by molar-refractivity contribution is -0.122. The smallest absolute Gasteiger partial charge is 0.229 e. The van der Waals surface area contributed by atoms with Crippen molar-refractivity contribution >= 4 is 23.2 Å². The van der Waals surface area contributed by atoms with E-state index in [9.17, 15) is 14.0 Å². The van der Waals surface area contributed by atoms with Gasteiger partial charge in [0.15, 0.2) is 0 Å². The fourth-order valence-electron chi connectivity index (χ4n) is 3.55. The van der Waals surface area contributed by atoms with Gasteiger partial charge in [0.05, 0.1) is 23.8 Å². The Labute approximate surface area is 156 Å². The maximum Gasteiger partial charge on any atom is 0.229 e. The Balaban J connectivity index is 1.38. The maximum absolute atomic E-state index is 13.1. The second kappa shape index (κ2) is 7.48. The molecule has 2 saturated heterocycles. The molecule has 2 fully saturated rings. The number of hydrogen-bond acceptors (Lipinski definition) is 4. The lowest BCUT2D eigenvalue weighted by Gasteiger charge is -2.22. The second-order valence-corrected chi connectivity index (χ2v) is 6.92. The molecule has 3 heterocycles. The first-order chi connectivity index (χ1) is 13.1. The van der Waals surface area contributed by atoms with Crippen LogP contribution in [0.4, 0.5) is 15.8 Å². The van der Waals surface area contributed by atoms with E-state index in [1.165, 1.54) is 17.0 Å². The standard InChI is InChI=1S/C19H21FN4O3/c20-14-1-3-16(4-2-14)23-11-13(9-18(23)25)19(26)22-15-10-21-24(12-15)17-5-7-27-8-6-17/h1-4,10,12-13,17H,5-9,11H2,(H,22,26). The minimum absolute atomic E-state index is 0.136. The molecule has 1 unspecified atom stereocenters. The summed E-state index contributed by atoms with van der Waals surface area (Å²) in [4.78, 5) is 26.4. The summed E-state index contributed by atoms with van der Waals surface area (Å²) in [5.41, 5.74) is 1.23. The Morgan fingerprint density at radius 1 is 1.22 bits per heavy atom. The SMILES string of the molecule is O=C(Nc1cnn(C2CCOCC2)c1)C1CC(=O)N(c2ccc(F)cc2)C1. The van der Waals surface area contributed by atoms with Crippen molar-refractivity contribution in [2.45, 2.75) is 25.3 Å². The molecule has 0 aliphatic carbocycles. The van der Waals surface area contributed by atoms with Gasteiger partial charge in [-0.3, -0.25) is 14.3 Å². The number of halogens is 1. The average molecular weight is 372 g/mol. The van der Waals surface area contributed by atoms with E-state index in [4.69, 9.17) is 4.74 Å². The van der Waals surface area contributed by atoms with Crippen molar-refractivity contribution in [2.75, 3.05) is 30.0 Å². The van der Waals surface area contributed by atoms with Crippen molar-refractivity contribution in [1.29, 1.82) is 0 Å². The van der Waals surface area contributed by atoms with Gasteiger partial charge in [-0.25, -0.2) is 4.39 Å². The van der Waals surface area contributed by atoms with Crippen LogP contribution >= 0.6 is 0 Å². The first-order valence-electron chi connectivity index (χ1n) is 9.09. The van der Waals surface area contributed by atoms with Gasteiger partial charge >= 0.3 is 0 Å². The zero-order valence-electron chi connectivity index (χ0n) is 14.8. The second-order valence-electron chi connectivity index (χ2n) is 6.92. The van der Waals surface area contributed by atoms with E-state index in [1.54, 1.807) is 18.3 Å². The van der Waals surface area contributed by atoms with Gasteiger partial charge in [-0.15, -0.1) is 0 Å². The zero-order chi connectivity index (χ0) is 18.8. The number of anilines is 2. The largest absolute Gasteiger partial charge is 0.381 e. The van der Waals surface area contributed by atoms with Crippen LogP contribution in [0.5, 0.6) is 0 Å². The first kappa shape index (κ1) is 17.7. The van der Waals surface area contributed by atoms with Crippen LogP contribution in [-0.4, -0.2) is 41.4 Å². The summed E-state index contributed by atoms with van der Waals surface area (Å²) in [6.45, 7) is 1.72. The van der Waals surface area contributed by atoms with Crippen LogP contribution in [0.1, 0.15) is 25.3 Å². The number of ether oxygens (including phenoxy) is 1. The van der Waals surface area contributed by atoms with E-state index >= 15 is 0 Å². The quantitative estimate of drug-likeness (QED) is 0.894. The number of nitrogens with one attached hydrogen (secondary N) is 1. The molecule has 2 aliphatic heterocycles. The molecular weight excluding hydrogens is 351 g/mol. The highest BCUT2D eigenvalue weighted by molar-refractivity contribution is 6.03. The third kappa shape index (κ3) is 3.85. The van der Waals surface area contributed by atoms with Gasteiger partial charge in [-0.2, -0.15) is 5.10 Å². The molecule has 4 rings (SSSR count). The molecule has 2 aliphatic rings. The number of carbonyl (C=O) groups excluding carboxylic acids is 2. The van der Waals surface area contributed by atoms with E-state index in [0.29, 0.717) is 11.4 Å². The van der Waals surface area contributed by atoms with Gasteiger partial charge in [-0.05, 0) is 37.1 Å². The molecule has 0 bridgehead atoms. The molecule has 0 saturated carbocycles. The highest BCUT2D eigenvalue weighted by Crippen LogP contribution is 2.27. The number of aromatic nitrogens is 2. The minimum atomic E-state index is -0.450. The molecule has 7 nitrogen and oxygen atoms in total. The molecule has 142 valence electrons. The maximum atomic E-state index is 13.1. The third-order valence-electron chi connectivity index (χ3n) is 5.07. The lowest BCUT2D eigenvalue weighted by Crippen LogP contribution is -2.28. The highest BCUT2D eigenvalue weighted by atomic mass is 19.1. The Bertz CT molecular complexity index is 830. The predicted octanol–water partition coefficient (Wildman–Crippen LogP) is 2.37. The monoisotopic (exact) mass is 372 g/mol. The van der Waals surface area contributed by atoms with Crippen LogP contribution in [0.25, 0.3) is 0 Å². The Hall–Kier alpha value is -2.74. The van der Waals surface area contributed by atoms with E-state index in [-0.39, 0.29) is 36.6 Å². The predicted molar refractivity (Wildman–Crippen MR) is 96.8 cm³/mol. The van der Waals surface area contributed by atoms with Crippen molar-refractivity contribution in [3.05, 3.63) is 42.5 Å². The van der Waals surface area contributed by atoms with Gasteiger partial charge in [0, 0.05) is 38.1 Å². The van der Waals surface area contributed by atoms with Crippen LogP contribution < -0.4 is 10.2 Å². The lowest BCUT2D eigenvalue weighted by atomic mass is 10.1. The molecular formula is C19H21FN4O3. The molecule has 8 heteroatoms. The number of benzene rings is 1. The van der Waals surface area contributed by atoms with Crippen molar-refractivity contribution in [2.24, 2.45) is 5.92 Å². The van der Waals surface area contributed by atoms with E-state index < -0.39 is 5.92 Å². The summed E-state index contributed by atoms with van der Waals surface area (Å²) in [7, 11) is 0. The fraction of sp³-hybridized carbons (Fsp3) is 0.421. The average Bonchev–Trinajstić information content (AvgIpc) is 3.30. The van der Waals surface area contributed by atoms with Crippen molar-refractivity contribution in [3.8, 4) is 0 Å². The molecule has 1 N–H and O–H groups in total. The van der Waals surface area contributed by atoms with E-state index in [0.717, 1.165) is 26.1 Å². The topological polar surface area (TPSA) is 76.5 Å². The number of amides is 2. The van der Waals surface area contributed by atoms with Gasteiger partial charge < -0.3 is 15.0 Å². The third-order valence-corrected chi connectivity index (χ3v) is 5.07. The number of carbonyl (C=O) groups is 2. The summed E-state index contributed by atoms with van der Waals surface area (Å²) in [5, 5.41) is 7.19. The number of nitrogens with zero attached hydrogens (tertiary/aromatic N) is 3. The summed E-state index contributed by atoms with van der Waals surface area (Å²) in [6.07, 6.45) is 5.39. The molecule has 27 heavy (non-hydrogen) atoms. The van der Waals surface area contributed by atoms with Gasteiger partial charge in [-0.1, -0.05) is 0 Å². The van der Waals surface area contributed by atoms with Gasteiger partial charge in [0.25, 0.3) is 0 Å². The van der Waals surface area contributed by atoms with Crippen LogP contribution in [-0.2, 0) is 14.3 Å². The van der Waals surface area contributed by atoms with Crippen LogP contribution in [0.2, 0.25) is 0 Å². The summed E-state index contributed by atoms with van der Waals surface area (Å²) < 4.78 is 20.3. The number of rotatable bonds is 4. The summed E-state index contributed by atoms with van der Waals surface area (Å²) in [6, 6.07) is 5.99. The summed E-state index contributed by atoms with van der Waals surface area (Å²) >= 11 is 0. The van der Waals surface area contributed by atoms with E-state index in [2.05, 4.69) is 10.4 Å². The number of hydrogen-bond donors (Lipinski definition) is 1. The van der Waals surface area contributed by atoms with Crippen molar-refractivity contribution in [1.82, 2.24) is 9.78 Å². The van der Waals surface area contributed by atoms with Crippen molar-refractivity contribution in [3.63, 3.8) is 0 Å². The molecule has 2 aromatic rings. The molecule has 0 radical (unpaired) electrons. The molecule has 1 aromatic carbocycles. The highest BCUT2D eigenvalue weighted by Gasteiger charge is 2.35. The van der Waals surface area contributed by atoms with E-state index in [1.807, 2.05) is 10.9 Å². The van der Waals surface area contributed by atoms with Crippen LogP contribution in [0.15, 0.2) is 36.7 Å². The Kier molecular flexibility index (Phi) is 4.89. The Morgan fingerprint density at radius 2 is 1.96 bits per heavy atom. The normalized spacial score (nSPS) is 20.9. The minimum Gasteiger partial charge on any atom is -0.381 e. The van der Waals surface area contributed by atoms with Crippen molar-refractivity contribution < 1.29 is 18.7 Å². The molecule has 2 amide bonds. The van der Waals surface area contributed by atoms with Gasteiger partial charge in [0.1, 0.15) is 5.82 Å². The van der Waals surface area contributed by atoms with Crippen LogP contribution in [0, 0.1) is 11.7 Å². The Morgan fingerprint density at radius 3 is 2.70 bits per heavy atom. The molecule has 0 spiro atoms. The first-order valence-corrected chi connectivity index (χ1v) is 9.09. The molecule has 1 aromatic heterocycles. The zero-order valence-corrected chi connectivity index (χ0v) is 14.8. The molecule has 1 atom stereocenters. The van der Waals surface area contributed by atoms with Gasteiger partial charge in [0.2, 0.25) is 11.8 Å². The van der Waals surface area contributed by atoms with Crippen LogP contribution in [0.3, 0.4) is 0 Å².